The smallest absolute Gasteiger partial charge is 0.255 e. The molecule has 3 nitrogen and oxygen atoms in total. The average molecular weight is 310 g/mol. The molecule has 2 rings (SSSR count). The fourth-order valence-electron chi connectivity index (χ4n) is 1.74. The average Bonchev–Trinajstić information content (AvgIpc) is 2.43. The lowest BCUT2D eigenvalue weighted by atomic mass is 10.1. The van der Waals surface area contributed by atoms with Crippen LogP contribution >= 0.6 is 23.2 Å². The van der Waals surface area contributed by atoms with Gasteiger partial charge in [-0.25, -0.2) is 0 Å². The largest absolute Gasteiger partial charge is 0.495 e. The van der Waals surface area contributed by atoms with Crippen molar-refractivity contribution in [3.05, 3.63) is 57.6 Å². The number of ether oxygens (including phenoxy) is 1. The fourth-order valence-corrected chi connectivity index (χ4v) is 2.18. The van der Waals surface area contributed by atoms with Crippen molar-refractivity contribution in [2.75, 3.05) is 12.4 Å². The van der Waals surface area contributed by atoms with Gasteiger partial charge in [-0.05, 0) is 42.8 Å². The Kier molecular flexibility index (Phi) is 4.53. The number of hydrogen-bond acceptors (Lipinski definition) is 2. The highest BCUT2D eigenvalue weighted by atomic mass is 35.5. The summed E-state index contributed by atoms with van der Waals surface area (Å²) in [5, 5.41) is 3.81. The SMILES string of the molecule is COc1ccc(C(=O)Nc2cccc(Cl)c2C)cc1Cl. The minimum Gasteiger partial charge on any atom is -0.495 e. The molecule has 2 aromatic carbocycles. The van der Waals surface area contributed by atoms with Gasteiger partial charge < -0.3 is 10.1 Å². The van der Waals surface area contributed by atoms with Crippen molar-refractivity contribution < 1.29 is 9.53 Å². The maximum atomic E-state index is 12.2. The van der Waals surface area contributed by atoms with Crippen LogP contribution in [0.25, 0.3) is 0 Å². The van der Waals surface area contributed by atoms with Gasteiger partial charge in [0.25, 0.3) is 5.91 Å². The second kappa shape index (κ2) is 6.16. The van der Waals surface area contributed by atoms with Gasteiger partial charge in [0.2, 0.25) is 0 Å². The van der Waals surface area contributed by atoms with Crippen LogP contribution in [-0.4, -0.2) is 13.0 Å². The first-order chi connectivity index (χ1) is 9.52. The molecule has 0 bridgehead atoms. The van der Waals surface area contributed by atoms with E-state index in [0.717, 1.165) is 5.56 Å². The number of benzene rings is 2. The van der Waals surface area contributed by atoms with Gasteiger partial charge in [-0.15, -0.1) is 0 Å². The van der Waals surface area contributed by atoms with E-state index in [1.165, 1.54) is 7.11 Å². The number of hydrogen-bond donors (Lipinski definition) is 1. The molecule has 2 aromatic rings. The zero-order chi connectivity index (χ0) is 14.7. The topological polar surface area (TPSA) is 38.3 Å². The van der Waals surface area contributed by atoms with E-state index in [4.69, 9.17) is 27.9 Å². The lowest BCUT2D eigenvalue weighted by Crippen LogP contribution is -2.12. The minimum atomic E-state index is -0.250. The van der Waals surface area contributed by atoms with E-state index in [9.17, 15) is 4.79 Å². The second-order valence-corrected chi connectivity index (χ2v) is 5.03. The molecule has 5 heteroatoms. The maximum Gasteiger partial charge on any atom is 0.255 e. The summed E-state index contributed by atoms with van der Waals surface area (Å²) in [5.74, 6) is 0.280. The van der Waals surface area contributed by atoms with Gasteiger partial charge in [0.15, 0.2) is 0 Å². The van der Waals surface area contributed by atoms with E-state index >= 15 is 0 Å². The molecule has 20 heavy (non-hydrogen) atoms. The van der Waals surface area contributed by atoms with E-state index in [2.05, 4.69) is 5.32 Å². The molecule has 0 saturated heterocycles. The van der Waals surface area contributed by atoms with E-state index < -0.39 is 0 Å². The molecule has 0 aliphatic rings. The number of amides is 1. The molecule has 1 amide bonds. The number of nitrogens with one attached hydrogen (secondary N) is 1. The molecule has 0 fully saturated rings. The van der Waals surface area contributed by atoms with Crippen molar-refractivity contribution in [1.82, 2.24) is 0 Å². The highest BCUT2D eigenvalue weighted by molar-refractivity contribution is 6.32. The van der Waals surface area contributed by atoms with Gasteiger partial charge in [0.1, 0.15) is 5.75 Å². The Morgan fingerprint density at radius 3 is 2.55 bits per heavy atom. The first kappa shape index (κ1) is 14.7. The Balaban J connectivity index is 2.24. The van der Waals surface area contributed by atoms with Crippen LogP contribution in [0.2, 0.25) is 10.0 Å². The van der Waals surface area contributed by atoms with Gasteiger partial charge in [-0.2, -0.15) is 0 Å². The summed E-state index contributed by atoms with van der Waals surface area (Å²) in [6.07, 6.45) is 0. The molecule has 1 N–H and O–H groups in total. The Bertz CT molecular complexity index is 656. The lowest BCUT2D eigenvalue weighted by molar-refractivity contribution is 0.102. The van der Waals surface area contributed by atoms with Gasteiger partial charge in [-0.3, -0.25) is 4.79 Å². The third-order valence-electron chi connectivity index (χ3n) is 2.93. The molecule has 0 atom stereocenters. The molecule has 0 radical (unpaired) electrons. The van der Waals surface area contributed by atoms with Crippen molar-refractivity contribution in [1.29, 1.82) is 0 Å². The third-order valence-corrected chi connectivity index (χ3v) is 3.63. The summed E-state index contributed by atoms with van der Waals surface area (Å²) in [4.78, 5) is 12.2. The summed E-state index contributed by atoms with van der Waals surface area (Å²) in [5.41, 5.74) is 1.95. The van der Waals surface area contributed by atoms with Crippen molar-refractivity contribution in [2.24, 2.45) is 0 Å². The number of carbonyl (C=O) groups excluding carboxylic acids is 1. The van der Waals surface area contributed by atoms with Crippen LogP contribution in [0.15, 0.2) is 36.4 Å². The number of rotatable bonds is 3. The summed E-state index contributed by atoms with van der Waals surface area (Å²) < 4.78 is 5.05. The molecule has 0 spiro atoms. The molecule has 0 aromatic heterocycles. The highest BCUT2D eigenvalue weighted by Crippen LogP contribution is 2.26. The van der Waals surface area contributed by atoms with E-state index in [1.54, 1.807) is 36.4 Å². The molecule has 0 saturated carbocycles. The Hall–Kier alpha value is -1.71. The number of carbonyl (C=O) groups is 1. The first-order valence-corrected chi connectivity index (χ1v) is 6.68. The normalized spacial score (nSPS) is 10.2. The summed E-state index contributed by atoms with van der Waals surface area (Å²) in [6, 6.07) is 10.2. The van der Waals surface area contributed by atoms with E-state index in [0.29, 0.717) is 27.0 Å². The van der Waals surface area contributed by atoms with Crippen molar-refractivity contribution in [3.63, 3.8) is 0 Å². The van der Waals surface area contributed by atoms with Crippen molar-refractivity contribution in [2.45, 2.75) is 6.92 Å². The molecular weight excluding hydrogens is 297 g/mol. The van der Waals surface area contributed by atoms with E-state index in [1.807, 2.05) is 6.92 Å². The molecule has 0 aliphatic heterocycles. The third kappa shape index (κ3) is 3.06. The summed E-state index contributed by atoms with van der Waals surface area (Å²) >= 11 is 12.0. The van der Waals surface area contributed by atoms with Crippen molar-refractivity contribution >= 4 is 34.8 Å². The Morgan fingerprint density at radius 1 is 1.15 bits per heavy atom. The zero-order valence-electron chi connectivity index (χ0n) is 11.0. The quantitative estimate of drug-likeness (QED) is 0.902. The van der Waals surface area contributed by atoms with E-state index in [-0.39, 0.29) is 5.91 Å². The predicted molar refractivity (Wildman–Crippen MR) is 82.1 cm³/mol. The van der Waals surface area contributed by atoms with Crippen LogP contribution in [0.4, 0.5) is 5.69 Å². The first-order valence-electron chi connectivity index (χ1n) is 5.93. The molecule has 0 aliphatic carbocycles. The number of methoxy groups -OCH3 is 1. The van der Waals surface area contributed by atoms with Crippen LogP contribution in [0.3, 0.4) is 0 Å². The van der Waals surface area contributed by atoms with Crippen LogP contribution in [0, 0.1) is 6.92 Å². The van der Waals surface area contributed by atoms with Crippen LogP contribution in [0.1, 0.15) is 15.9 Å². The minimum absolute atomic E-state index is 0.250. The van der Waals surface area contributed by atoms with Gasteiger partial charge in [-0.1, -0.05) is 29.3 Å². The van der Waals surface area contributed by atoms with Crippen LogP contribution in [0.5, 0.6) is 5.75 Å². The van der Waals surface area contributed by atoms with Gasteiger partial charge in [0, 0.05) is 16.3 Å². The summed E-state index contributed by atoms with van der Waals surface area (Å²) in [6.45, 7) is 1.85. The zero-order valence-corrected chi connectivity index (χ0v) is 12.5. The molecular formula is C15H13Cl2NO2. The standard InChI is InChI=1S/C15H13Cl2NO2/c1-9-11(16)4-3-5-13(9)18-15(19)10-6-7-14(20-2)12(17)8-10/h3-8H,1-2H3,(H,18,19). The molecule has 0 unspecified atom stereocenters. The monoisotopic (exact) mass is 309 g/mol. The second-order valence-electron chi connectivity index (χ2n) is 4.22. The summed E-state index contributed by atoms with van der Waals surface area (Å²) in [7, 11) is 1.52. The fraction of sp³-hybridized carbons (Fsp3) is 0.133. The molecule has 104 valence electrons. The Labute approximate surface area is 127 Å². The molecule has 0 heterocycles. The highest BCUT2D eigenvalue weighted by Gasteiger charge is 2.11. The predicted octanol–water partition coefficient (Wildman–Crippen LogP) is 4.56. The van der Waals surface area contributed by atoms with Crippen LogP contribution < -0.4 is 10.1 Å². The van der Waals surface area contributed by atoms with Crippen LogP contribution in [-0.2, 0) is 0 Å². The number of halogens is 2. The Morgan fingerprint density at radius 2 is 1.90 bits per heavy atom. The lowest BCUT2D eigenvalue weighted by Gasteiger charge is -2.10. The van der Waals surface area contributed by atoms with Gasteiger partial charge >= 0.3 is 0 Å². The maximum absolute atomic E-state index is 12.2. The number of anilines is 1. The van der Waals surface area contributed by atoms with Gasteiger partial charge in [0.05, 0.1) is 12.1 Å². The van der Waals surface area contributed by atoms with Crippen molar-refractivity contribution in [3.8, 4) is 5.75 Å².